The van der Waals surface area contributed by atoms with Crippen LogP contribution in [0.25, 0.3) is 0 Å². The van der Waals surface area contributed by atoms with Crippen LogP contribution in [-0.2, 0) is 11.2 Å². The molecule has 1 N–H and O–H groups in total. The molecule has 0 aromatic heterocycles. The van der Waals surface area contributed by atoms with Crippen LogP contribution in [0.3, 0.4) is 0 Å². The molecular weight excluding hydrogens is 347 g/mol. The third kappa shape index (κ3) is 4.63. The molecule has 1 unspecified atom stereocenters. The second-order valence-electron chi connectivity index (χ2n) is 5.61. The molecule has 0 heterocycles. The summed E-state index contributed by atoms with van der Waals surface area (Å²) in [5.41, 5.74) is 1.42. The second kappa shape index (κ2) is 8.72. The highest BCUT2D eigenvalue weighted by Crippen LogP contribution is 2.31. The quantitative estimate of drug-likeness (QED) is 0.736. The Morgan fingerprint density at radius 3 is 2.56 bits per heavy atom. The van der Waals surface area contributed by atoms with Crippen LogP contribution in [0.15, 0.2) is 36.4 Å². The zero-order valence-electron chi connectivity index (χ0n) is 14.1. The number of carboxylic acids is 1. The van der Waals surface area contributed by atoms with Crippen LogP contribution in [0, 0.1) is 5.82 Å². The number of hydrogen-bond donors (Lipinski definition) is 1. The van der Waals surface area contributed by atoms with E-state index in [1.165, 1.54) is 25.3 Å². The van der Waals surface area contributed by atoms with Gasteiger partial charge in [0.2, 0.25) is 0 Å². The number of aliphatic carboxylic acids is 1. The third-order valence-electron chi connectivity index (χ3n) is 4.08. The summed E-state index contributed by atoms with van der Waals surface area (Å²) in [5, 5.41) is 10.1. The number of carbonyl (C=O) groups is 1. The summed E-state index contributed by atoms with van der Waals surface area (Å²) >= 11 is 6.26. The maximum atomic E-state index is 13.5. The fourth-order valence-electron chi connectivity index (χ4n) is 2.73. The smallest absolute Gasteiger partial charge is 0.310 e. The summed E-state index contributed by atoms with van der Waals surface area (Å²) in [5.74, 6) is -1.57. The van der Waals surface area contributed by atoms with E-state index in [9.17, 15) is 14.3 Å². The van der Waals surface area contributed by atoms with Gasteiger partial charge in [-0.15, -0.1) is 0 Å². The molecule has 25 heavy (non-hydrogen) atoms. The number of hydrogen-bond acceptors (Lipinski definition) is 3. The number of aryl methyl sites for hydroxylation is 1. The Hall–Kier alpha value is -2.27. The van der Waals surface area contributed by atoms with Crippen LogP contribution < -0.4 is 9.47 Å². The topological polar surface area (TPSA) is 55.8 Å². The average molecular weight is 367 g/mol. The van der Waals surface area contributed by atoms with E-state index in [1.54, 1.807) is 13.2 Å². The van der Waals surface area contributed by atoms with E-state index in [1.807, 2.05) is 12.1 Å². The molecule has 0 aliphatic rings. The highest BCUT2D eigenvalue weighted by molar-refractivity contribution is 6.32. The summed E-state index contributed by atoms with van der Waals surface area (Å²) in [6.45, 7) is 0. The molecule has 4 nitrogen and oxygen atoms in total. The maximum Gasteiger partial charge on any atom is 0.310 e. The summed E-state index contributed by atoms with van der Waals surface area (Å²) in [6, 6.07) is 9.66. The van der Waals surface area contributed by atoms with Crippen molar-refractivity contribution in [3.8, 4) is 11.5 Å². The van der Waals surface area contributed by atoms with E-state index in [0.717, 1.165) is 5.56 Å². The van der Waals surface area contributed by atoms with E-state index in [4.69, 9.17) is 21.1 Å². The lowest BCUT2D eigenvalue weighted by Gasteiger charge is -2.15. The first-order chi connectivity index (χ1) is 12.0. The van der Waals surface area contributed by atoms with Gasteiger partial charge in [0, 0.05) is 0 Å². The largest absolute Gasteiger partial charge is 0.495 e. The van der Waals surface area contributed by atoms with Crippen LogP contribution in [0.4, 0.5) is 4.39 Å². The number of methoxy groups -OCH3 is 2. The Bertz CT molecular complexity index is 748. The van der Waals surface area contributed by atoms with E-state index >= 15 is 0 Å². The molecule has 0 radical (unpaired) electrons. The first-order valence-electron chi connectivity index (χ1n) is 7.85. The van der Waals surface area contributed by atoms with Crippen molar-refractivity contribution in [2.24, 2.45) is 0 Å². The first kappa shape index (κ1) is 19.1. The van der Waals surface area contributed by atoms with Gasteiger partial charge in [0.1, 0.15) is 5.75 Å². The molecule has 134 valence electrons. The van der Waals surface area contributed by atoms with Crippen LogP contribution in [0.5, 0.6) is 11.5 Å². The molecule has 0 aliphatic heterocycles. The van der Waals surface area contributed by atoms with Gasteiger partial charge < -0.3 is 14.6 Å². The number of rotatable bonds is 8. The van der Waals surface area contributed by atoms with Gasteiger partial charge in [-0.05, 0) is 48.6 Å². The van der Waals surface area contributed by atoms with Gasteiger partial charge in [0.05, 0.1) is 25.2 Å². The molecule has 0 spiro atoms. The fraction of sp³-hybridized carbons (Fsp3) is 0.316. The monoisotopic (exact) mass is 366 g/mol. The van der Waals surface area contributed by atoms with Gasteiger partial charge in [0.15, 0.2) is 11.6 Å². The molecule has 6 heteroatoms. The molecule has 2 aromatic rings. The molecule has 0 amide bonds. The molecule has 2 aromatic carbocycles. The highest BCUT2D eigenvalue weighted by Gasteiger charge is 2.21. The highest BCUT2D eigenvalue weighted by atomic mass is 35.5. The summed E-state index contributed by atoms with van der Waals surface area (Å²) in [4.78, 5) is 11.6. The number of halogens is 2. The van der Waals surface area contributed by atoms with Crippen LogP contribution in [-0.4, -0.2) is 25.3 Å². The van der Waals surface area contributed by atoms with E-state index in [-0.39, 0.29) is 5.75 Å². The van der Waals surface area contributed by atoms with Gasteiger partial charge in [0.25, 0.3) is 0 Å². The summed E-state index contributed by atoms with van der Waals surface area (Å²) < 4.78 is 23.6. The minimum absolute atomic E-state index is 0.0413. The van der Waals surface area contributed by atoms with Gasteiger partial charge in [-0.3, -0.25) is 4.79 Å². The standard InChI is InChI=1S/C19H20ClFO4/c1-24-16-8-4-6-12(18(16)20)5-3-7-14(19(22)23)13-9-10-15(21)17(11-13)25-2/h4,6,8-11,14H,3,5,7H2,1-2H3,(H,22,23). The summed E-state index contributed by atoms with van der Waals surface area (Å²) in [7, 11) is 2.90. The fourth-order valence-corrected chi connectivity index (χ4v) is 3.03. The normalized spacial score (nSPS) is 11.8. The number of benzene rings is 2. The molecule has 0 aliphatic carbocycles. The predicted molar refractivity (Wildman–Crippen MR) is 94.3 cm³/mol. The lowest BCUT2D eigenvalue weighted by molar-refractivity contribution is -0.139. The van der Waals surface area contributed by atoms with Crippen molar-refractivity contribution >= 4 is 17.6 Å². The lowest BCUT2D eigenvalue weighted by Crippen LogP contribution is -2.12. The van der Waals surface area contributed by atoms with Gasteiger partial charge in [-0.25, -0.2) is 4.39 Å². The Kier molecular flexibility index (Phi) is 6.65. The van der Waals surface area contributed by atoms with Crippen LogP contribution in [0.2, 0.25) is 5.02 Å². The second-order valence-corrected chi connectivity index (χ2v) is 5.99. The Morgan fingerprint density at radius 2 is 1.92 bits per heavy atom. The summed E-state index contributed by atoms with van der Waals surface area (Å²) in [6.07, 6.45) is 1.64. The van der Waals surface area contributed by atoms with Gasteiger partial charge in [-0.2, -0.15) is 0 Å². The molecule has 1 atom stereocenters. The number of carboxylic acid groups (broad SMARTS) is 1. The van der Waals surface area contributed by atoms with Crippen LogP contribution in [0.1, 0.15) is 29.9 Å². The molecule has 0 fully saturated rings. The van der Waals surface area contributed by atoms with Gasteiger partial charge in [-0.1, -0.05) is 29.8 Å². The van der Waals surface area contributed by atoms with Crippen LogP contribution >= 0.6 is 11.6 Å². The van der Waals surface area contributed by atoms with Crippen molar-refractivity contribution in [2.45, 2.75) is 25.2 Å². The van der Waals surface area contributed by atoms with Crippen molar-refractivity contribution in [2.75, 3.05) is 14.2 Å². The Labute approximate surface area is 151 Å². The molecule has 0 saturated heterocycles. The van der Waals surface area contributed by atoms with Gasteiger partial charge >= 0.3 is 5.97 Å². The predicted octanol–water partition coefficient (Wildman–Crippen LogP) is 4.69. The van der Waals surface area contributed by atoms with E-state index in [2.05, 4.69) is 0 Å². The molecule has 2 rings (SSSR count). The minimum atomic E-state index is -0.953. The number of ether oxygens (including phenoxy) is 2. The lowest BCUT2D eigenvalue weighted by atomic mass is 9.92. The van der Waals surface area contributed by atoms with Crippen molar-refractivity contribution in [3.05, 3.63) is 58.4 Å². The minimum Gasteiger partial charge on any atom is -0.495 e. The SMILES string of the molecule is COc1cc(C(CCCc2cccc(OC)c2Cl)C(=O)O)ccc1F. The Balaban J connectivity index is 2.09. The van der Waals surface area contributed by atoms with Crippen molar-refractivity contribution in [1.29, 1.82) is 0 Å². The zero-order valence-corrected chi connectivity index (χ0v) is 14.8. The van der Waals surface area contributed by atoms with Crippen molar-refractivity contribution in [1.82, 2.24) is 0 Å². The average Bonchev–Trinajstić information content (AvgIpc) is 2.60. The molecule has 0 bridgehead atoms. The molecular formula is C19H20ClFO4. The van der Waals surface area contributed by atoms with E-state index in [0.29, 0.717) is 35.6 Å². The van der Waals surface area contributed by atoms with Crippen molar-refractivity contribution in [3.63, 3.8) is 0 Å². The Morgan fingerprint density at radius 1 is 1.20 bits per heavy atom. The first-order valence-corrected chi connectivity index (χ1v) is 8.23. The zero-order chi connectivity index (χ0) is 18.4. The third-order valence-corrected chi connectivity index (χ3v) is 4.51. The van der Waals surface area contributed by atoms with Crippen molar-refractivity contribution < 1.29 is 23.8 Å². The van der Waals surface area contributed by atoms with E-state index < -0.39 is 17.7 Å². The maximum absolute atomic E-state index is 13.5. The molecule has 0 saturated carbocycles.